The zero-order chi connectivity index (χ0) is 46.7. The van der Waals surface area contributed by atoms with Crippen LogP contribution in [0.25, 0.3) is 65.9 Å². The molecule has 0 bridgehead atoms. The molecule has 0 N–H and O–H groups in total. The first-order valence-electron chi connectivity index (χ1n) is 24.1. The van der Waals surface area contributed by atoms with Crippen molar-refractivity contribution in [3.8, 4) is 22.3 Å². The maximum Gasteiger partial charge on any atom is 0.186 e. The Hall–Kier alpha value is -8.14. The second kappa shape index (κ2) is 19.2. The zero-order valence-corrected chi connectivity index (χ0v) is 39.3. The highest BCUT2D eigenvalue weighted by atomic mass is 16.5. The minimum Gasteiger partial charge on any atom is -0.375 e. The van der Waals surface area contributed by atoms with Crippen LogP contribution in [0.3, 0.4) is 0 Å². The van der Waals surface area contributed by atoms with Gasteiger partial charge in [-0.2, -0.15) is 30.0 Å². The van der Waals surface area contributed by atoms with Crippen molar-refractivity contribution in [3.63, 3.8) is 0 Å². The summed E-state index contributed by atoms with van der Waals surface area (Å²) in [7, 11) is 0. The van der Waals surface area contributed by atoms with Gasteiger partial charge in [0, 0.05) is 62.3 Å². The van der Waals surface area contributed by atoms with Crippen molar-refractivity contribution in [1.29, 1.82) is 0 Å². The van der Waals surface area contributed by atoms with E-state index in [1.54, 1.807) is 4.80 Å². The Bertz CT molecular complexity index is 3300. The highest BCUT2D eigenvalue weighted by molar-refractivity contribution is 6.16. The lowest BCUT2D eigenvalue weighted by Crippen LogP contribution is -2.42. The van der Waals surface area contributed by atoms with Crippen molar-refractivity contribution in [2.24, 2.45) is 5.92 Å². The van der Waals surface area contributed by atoms with Crippen LogP contribution in [0.1, 0.15) is 33.6 Å². The van der Waals surface area contributed by atoms with Gasteiger partial charge in [0.25, 0.3) is 0 Å². The lowest BCUT2D eigenvalue weighted by molar-refractivity contribution is -0.805. The summed E-state index contributed by atoms with van der Waals surface area (Å²) in [4.78, 5) is 8.31. The van der Waals surface area contributed by atoms with Crippen molar-refractivity contribution in [2.75, 3.05) is 23.0 Å². The molecule has 0 spiro atoms. The Labute approximate surface area is 402 Å². The van der Waals surface area contributed by atoms with Gasteiger partial charge in [0.15, 0.2) is 6.54 Å². The molecule has 0 saturated carbocycles. The molecule has 9 nitrogen and oxygen atoms in total. The predicted octanol–water partition coefficient (Wildman–Crippen LogP) is 14.3. The number of para-hydroxylation sites is 2. The number of nitrogens with zero attached hydrogens (tertiary/aromatic N) is 8. The van der Waals surface area contributed by atoms with Crippen molar-refractivity contribution in [1.82, 2.24) is 25.2 Å². The molecule has 0 fully saturated rings. The molecule has 11 rings (SSSR count). The Kier molecular flexibility index (Phi) is 12.1. The second-order valence-corrected chi connectivity index (χ2v) is 18.0. The Balaban J connectivity index is 1.07. The van der Waals surface area contributed by atoms with Crippen LogP contribution in [0.15, 0.2) is 194 Å². The first-order valence-corrected chi connectivity index (χ1v) is 24.1. The fourth-order valence-electron chi connectivity index (χ4n) is 9.51. The fraction of sp³-hybridized carbons (Fsp3) is 0.167. The SMILES string of the molecule is CCCCOCC[n+]1nc2c(-c3ccc(N(c4ccccc4)c4cccc5ccccc45)cc3)c3nn(CC(C)C)nc3c(-c3ccc(N(c4ccccc4)c4cccc5ccccc45)cc3)c2[n-]1. The van der Waals surface area contributed by atoms with Gasteiger partial charge in [-0.3, -0.25) is 0 Å². The van der Waals surface area contributed by atoms with E-state index in [0.29, 0.717) is 32.2 Å². The third kappa shape index (κ3) is 8.58. The number of unbranched alkanes of at least 4 members (excludes halogenated alkanes) is 1. The molecular weight excluding hydrogens is 849 g/mol. The number of rotatable bonds is 16. The van der Waals surface area contributed by atoms with Gasteiger partial charge in [0.1, 0.15) is 17.6 Å². The van der Waals surface area contributed by atoms with Gasteiger partial charge in [-0.1, -0.05) is 161 Å². The average Bonchev–Trinajstić information content (AvgIpc) is 4.00. The summed E-state index contributed by atoms with van der Waals surface area (Å²) in [5, 5.41) is 25.9. The third-order valence-corrected chi connectivity index (χ3v) is 12.7. The summed E-state index contributed by atoms with van der Waals surface area (Å²) in [5.74, 6) is 0.331. The van der Waals surface area contributed by atoms with E-state index in [2.05, 4.69) is 225 Å². The molecule has 9 heteroatoms. The smallest absolute Gasteiger partial charge is 0.186 e. The first-order chi connectivity index (χ1) is 34.0. The predicted molar refractivity (Wildman–Crippen MR) is 282 cm³/mol. The normalized spacial score (nSPS) is 11.7. The molecule has 9 aromatic carbocycles. The average molecular weight is 903 g/mol. The van der Waals surface area contributed by atoms with Crippen molar-refractivity contribution < 1.29 is 9.53 Å². The van der Waals surface area contributed by atoms with Crippen LogP contribution in [0.2, 0.25) is 0 Å². The summed E-state index contributed by atoms with van der Waals surface area (Å²) in [6.07, 6.45) is 2.10. The molecular formula is C60H54N8O. The standard InChI is InChI=1S/C60H54N8O/c1-4-5-39-69-40-38-65-61-57-55(45-30-34-49(35-31-45)67(47-22-8-6-9-23-47)53-28-16-20-43-18-12-14-26-51(43)53)59-60(64-66(63-59)41-42(2)3)56(58(57)62-65)46-32-36-50(37-33-46)68(48-24-10-7-11-25-48)54-29-17-21-44-19-13-15-27-52(44)54/h6-37,42H,4-5,38-41H2,1-3H3. The van der Waals surface area contributed by atoms with E-state index in [1.165, 1.54) is 21.5 Å². The van der Waals surface area contributed by atoms with Crippen LogP contribution in [0, 0.1) is 5.92 Å². The van der Waals surface area contributed by atoms with Gasteiger partial charge in [0.2, 0.25) is 0 Å². The minimum absolute atomic E-state index is 0.331. The third-order valence-electron chi connectivity index (χ3n) is 12.7. The minimum atomic E-state index is 0.331. The molecule has 0 atom stereocenters. The molecule has 0 aliphatic heterocycles. The van der Waals surface area contributed by atoms with Gasteiger partial charge in [-0.15, -0.1) is 0 Å². The van der Waals surface area contributed by atoms with Crippen LogP contribution in [0.4, 0.5) is 34.1 Å². The number of benzene rings is 9. The summed E-state index contributed by atoms with van der Waals surface area (Å²) >= 11 is 0. The molecule has 0 unspecified atom stereocenters. The van der Waals surface area contributed by atoms with Crippen LogP contribution >= 0.6 is 0 Å². The number of aromatic nitrogens is 6. The number of fused-ring (bicyclic) bond motifs is 4. The quantitative estimate of drug-likeness (QED) is 0.0706. The van der Waals surface area contributed by atoms with Crippen molar-refractivity contribution in [2.45, 2.75) is 46.7 Å². The summed E-state index contributed by atoms with van der Waals surface area (Å²) in [5.41, 5.74) is 13.3. The van der Waals surface area contributed by atoms with Gasteiger partial charge in [0.05, 0.1) is 17.9 Å². The maximum absolute atomic E-state index is 6.05. The second-order valence-electron chi connectivity index (χ2n) is 18.0. The lowest BCUT2D eigenvalue weighted by atomic mass is 9.95. The highest BCUT2D eigenvalue weighted by Gasteiger charge is 2.25. The molecule has 2 aromatic heterocycles. The van der Waals surface area contributed by atoms with Gasteiger partial charge in [-0.05, 0) is 94.9 Å². The Morgan fingerprint density at radius 2 is 1.00 bits per heavy atom. The Morgan fingerprint density at radius 3 is 1.54 bits per heavy atom. The van der Waals surface area contributed by atoms with Crippen LogP contribution in [-0.2, 0) is 17.8 Å². The summed E-state index contributed by atoms with van der Waals surface area (Å²) in [6, 6.07) is 68.8. The van der Waals surface area contributed by atoms with E-state index < -0.39 is 0 Å². The summed E-state index contributed by atoms with van der Waals surface area (Å²) in [6.45, 7) is 8.97. The van der Waals surface area contributed by atoms with Crippen LogP contribution in [-0.4, -0.2) is 33.3 Å². The lowest BCUT2D eigenvalue weighted by Gasteiger charge is -2.27. The van der Waals surface area contributed by atoms with E-state index in [4.69, 9.17) is 25.1 Å². The Morgan fingerprint density at radius 1 is 0.522 bits per heavy atom. The van der Waals surface area contributed by atoms with Gasteiger partial charge >= 0.3 is 0 Å². The van der Waals surface area contributed by atoms with E-state index in [9.17, 15) is 0 Å². The molecule has 11 aromatic rings. The number of hydrogen-bond donors (Lipinski definition) is 0. The van der Waals surface area contributed by atoms with Gasteiger partial charge in [-0.25, -0.2) is 0 Å². The fourth-order valence-corrected chi connectivity index (χ4v) is 9.51. The summed E-state index contributed by atoms with van der Waals surface area (Å²) < 4.78 is 6.05. The van der Waals surface area contributed by atoms with Crippen molar-refractivity contribution in [3.05, 3.63) is 194 Å². The molecule has 2 heterocycles. The largest absolute Gasteiger partial charge is 0.375 e. The maximum atomic E-state index is 6.05. The monoisotopic (exact) mass is 902 g/mol. The molecule has 0 aliphatic rings. The number of anilines is 6. The first kappa shape index (κ1) is 43.4. The number of hydrogen-bond acceptors (Lipinski definition) is 6. The molecule has 340 valence electrons. The zero-order valence-electron chi connectivity index (χ0n) is 39.3. The molecule has 0 aliphatic carbocycles. The van der Waals surface area contributed by atoms with Crippen LogP contribution in [0.5, 0.6) is 0 Å². The van der Waals surface area contributed by atoms with Gasteiger partial charge < -0.3 is 14.5 Å². The molecule has 0 amide bonds. The highest BCUT2D eigenvalue weighted by Crippen LogP contribution is 2.45. The van der Waals surface area contributed by atoms with E-state index in [0.717, 1.165) is 91.3 Å². The van der Waals surface area contributed by atoms with E-state index >= 15 is 0 Å². The van der Waals surface area contributed by atoms with Crippen molar-refractivity contribution >= 4 is 77.7 Å². The molecule has 69 heavy (non-hydrogen) atoms. The van der Waals surface area contributed by atoms with E-state index in [1.807, 2.05) is 4.80 Å². The topological polar surface area (TPSA) is 77.3 Å². The number of ether oxygens (including phenoxy) is 1. The van der Waals surface area contributed by atoms with Crippen LogP contribution < -0.4 is 19.7 Å². The van der Waals surface area contributed by atoms with E-state index in [-0.39, 0.29) is 0 Å². The molecule has 0 saturated heterocycles. The molecule has 0 radical (unpaired) electrons.